The van der Waals surface area contributed by atoms with Gasteiger partial charge in [0.05, 0.1) is 13.2 Å². The molecule has 2 saturated heterocycles. The van der Waals surface area contributed by atoms with E-state index in [0.29, 0.717) is 13.2 Å². The van der Waals surface area contributed by atoms with E-state index in [-0.39, 0.29) is 12.0 Å². The number of nitrogens with zero attached hydrogens (tertiary/aromatic N) is 1. The topological polar surface area (TPSA) is 50.8 Å². The van der Waals surface area contributed by atoms with Gasteiger partial charge in [-0.05, 0) is 37.0 Å². The van der Waals surface area contributed by atoms with Gasteiger partial charge in [-0.25, -0.2) is 0 Å². The summed E-state index contributed by atoms with van der Waals surface area (Å²) in [5.41, 5.74) is 2.49. The Morgan fingerprint density at radius 3 is 2.64 bits per heavy atom. The van der Waals surface area contributed by atoms with Crippen molar-refractivity contribution >= 4 is 11.6 Å². The zero-order chi connectivity index (χ0) is 15.2. The van der Waals surface area contributed by atoms with Crippen molar-refractivity contribution in [2.45, 2.75) is 25.4 Å². The van der Waals surface area contributed by atoms with Crippen LogP contribution in [0.15, 0.2) is 24.3 Å². The minimum absolute atomic E-state index is 0.0300. The number of carbonyl (C=O) groups excluding carboxylic acids is 1. The first kappa shape index (κ1) is 15.3. The third-order valence-electron chi connectivity index (χ3n) is 4.25. The predicted molar refractivity (Wildman–Crippen MR) is 85.2 cm³/mol. The van der Waals surface area contributed by atoms with E-state index in [1.54, 1.807) is 0 Å². The third kappa shape index (κ3) is 3.99. The number of amides is 1. The van der Waals surface area contributed by atoms with Crippen molar-refractivity contribution in [2.75, 3.05) is 44.4 Å². The van der Waals surface area contributed by atoms with Crippen LogP contribution in [0.1, 0.15) is 18.4 Å². The van der Waals surface area contributed by atoms with E-state index in [9.17, 15) is 4.79 Å². The molecule has 2 fully saturated rings. The van der Waals surface area contributed by atoms with Crippen LogP contribution >= 0.6 is 0 Å². The Labute approximate surface area is 131 Å². The molecule has 2 heterocycles. The standard InChI is InChI=1S/C17H24N2O3/c20-17(16-2-1-11-22-16)18-8-7-14-3-5-15(6-4-14)19-9-12-21-13-10-19/h3-6,16H,1-2,7-13H2,(H,18,20). The van der Waals surface area contributed by atoms with Gasteiger partial charge in [-0.3, -0.25) is 4.79 Å². The number of ether oxygens (including phenoxy) is 2. The van der Waals surface area contributed by atoms with Gasteiger partial charge in [0, 0.05) is 31.9 Å². The summed E-state index contributed by atoms with van der Waals surface area (Å²) in [6.45, 7) is 4.89. The maximum Gasteiger partial charge on any atom is 0.249 e. The van der Waals surface area contributed by atoms with Crippen molar-refractivity contribution in [3.05, 3.63) is 29.8 Å². The first-order valence-corrected chi connectivity index (χ1v) is 8.14. The molecule has 1 amide bonds. The van der Waals surface area contributed by atoms with Crippen molar-refractivity contribution in [1.82, 2.24) is 5.32 Å². The fourth-order valence-corrected chi connectivity index (χ4v) is 2.92. The van der Waals surface area contributed by atoms with E-state index >= 15 is 0 Å². The smallest absolute Gasteiger partial charge is 0.249 e. The largest absolute Gasteiger partial charge is 0.378 e. The first-order chi connectivity index (χ1) is 10.8. The number of hydrogen-bond donors (Lipinski definition) is 1. The molecule has 2 aliphatic rings. The monoisotopic (exact) mass is 304 g/mol. The third-order valence-corrected chi connectivity index (χ3v) is 4.25. The van der Waals surface area contributed by atoms with E-state index in [4.69, 9.17) is 9.47 Å². The van der Waals surface area contributed by atoms with Gasteiger partial charge >= 0.3 is 0 Å². The van der Waals surface area contributed by atoms with Gasteiger partial charge in [-0.15, -0.1) is 0 Å². The van der Waals surface area contributed by atoms with Crippen molar-refractivity contribution in [2.24, 2.45) is 0 Å². The molecule has 1 aromatic carbocycles. The fourth-order valence-electron chi connectivity index (χ4n) is 2.92. The van der Waals surface area contributed by atoms with E-state index in [1.165, 1.54) is 11.3 Å². The second-order valence-corrected chi connectivity index (χ2v) is 5.81. The number of carbonyl (C=O) groups is 1. The molecule has 0 spiro atoms. The second kappa shape index (κ2) is 7.61. The molecule has 2 aliphatic heterocycles. The Balaban J connectivity index is 1.43. The SMILES string of the molecule is O=C(NCCc1ccc(N2CCOCC2)cc1)C1CCCO1. The summed E-state index contributed by atoms with van der Waals surface area (Å²) >= 11 is 0. The van der Waals surface area contributed by atoms with Gasteiger partial charge in [0.25, 0.3) is 0 Å². The van der Waals surface area contributed by atoms with Crippen LogP contribution < -0.4 is 10.2 Å². The first-order valence-electron chi connectivity index (χ1n) is 8.14. The molecule has 120 valence electrons. The van der Waals surface area contributed by atoms with E-state index in [2.05, 4.69) is 34.5 Å². The lowest BCUT2D eigenvalue weighted by Gasteiger charge is -2.28. The van der Waals surface area contributed by atoms with Crippen LogP contribution in [-0.4, -0.2) is 51.5 Å². The van der Waals surface area contributed by atoms with Crippen LogP contribution in [-0.2, 0) is 20.7 Å². The summed E-state index contributed by atoms with van der Waals surface area (Å²) in [4.78, 5) is 14.2. The lowest BCUT2D eigenvalue weighted by atomic mass is 10.1. The molecule has 1 unspecified atom stereocenters. The van der Waals surface area contributed by atoms with Crippen LogP contribution in [0.25, 0.3) is 0 Å². The molecule has 1 N–H and O–H groups in total. The number of anilines is 1. The number of morpholine rings is 1. The van der Waals surface area contributed by atoms with Crippen LogP contribution in [0.4, 0.5) is 5.69 Å². The molecule has 0 aliphatic carbocycles. The summed E-state index contributed by atoms with van der Waals surface area (Å²) in [6, 6.07) is 8.59. The molecule has 0 saturated carbocycles. The molecule has 3 rings (SSSR count). The average Bonchev–Trinajstić information content (AvgIpc) is 3.11. The molecule has 22 heavy (non-hydrogen) atoms. The predicted octanol–water partition coefficient (Wildman–Crippen LogP) is 1.36. The van der Waals surface area contributed by atoms with Crippen molar-refractivity contribution < 1.29 is 14.3 Å². The van der Waals surface area contributed by atoms with Crippen molar-refractivity contribution in [1.29, 1.82) is 0 Å². The molecule has 5 heteroatoms. The summed E-state index contributed by atoms with van der Waals surface area (Å²) in [5.74, 6) is 0.0300. The van der Waals surface area contributed by atoms with Crippen LogP contribution in [0.2, 0.25) is 0 Å². The summed E-state index contributed by atoms with van der Waals surface area (Å²) in [6.07, 6.45) is 2.45. The van der Waals surface area contributed by atoms with Crippen LogP contribution in [0.3, 0.4) is 0 Å². The Hall–Kier alpha value is -1.59. The average molecular weight is 304 g/mol. The van der Waals surface area contributed by atoms with E-state index in [0.717, 1.165) is 45.6 Å². The van der Waals surface area contributed by atoms with Gasteiger partial charge in [0.15, 0.2) is 0 Å². The maximum atomic E-state index is 11.8. The molecule has 0 radical (unpaired) electrons. The minimum atomic E-state index is -0.233. The zero-order valence-electron chi connectivity index (χ0n) is 12.9. The van der Waals surface area contributed by atoms with Crippen LogP contribution in [0.5, 0.6) is 0 Å². The lowest BCUT2D eigenvalue weighted by Crippen LogP contribution is -2.36. The highest BCUT2D eigenvalue weighted by atomic mass is 16.5. The van der Waals surface area contributed by atoms with Gasteiger partial charge < -0.3 is 19.7 Å². The number of nitrogens with one attached hydrogen (secondary N) is 1. The van der Waals surface area contributed by atoms with Crippen molar-refractivity contribution in [3.63, 3.8) is 0 Å². The molecular weight excluding hydrogens is 280 g/mol. The molecular formula is C17H24N2O3. The van der Waals surface area contributed by atoms with Gasteiger partial charge in [-0.1, -0.05) is 12.1 Å². The highest BCUT2D eigenvalue weighted by molar-refractivity contribution is 5.80. The molecule has 0 aromatic heterocycles. The minimum Gasteiger partial charge on any atom is -0.378 e. The van der Waals surface area contributed by atoms with E-state index < -0.39 is 0 Å². The maximum absolute atomic E-state index is 11.8. The second-order valence-electron chi connectivity index (χ2n) is 5.81. The highest BCUT2D eigenvalue weighted by Crippen LogP contribution is 2.17. The van der Waals surface area contributed by atoms with Gasteiger partial charge in [0.2, 0.25) is 5.91 Å². The lowest BCUT2D eigenvalue weighted by molar-refractivity contribution is -0.129. The number of benzene rings is 1. The van der Waals surface area contributed by atoms with Crippen molar-refractivity contribution in [3.8, 4) is 0 Å². The number of rotatable bonds is 5. The normalized spacial score (nSPS) is 21.8. The molecule has 1 aromatic rings. The van der Waals surface area contributed by atoms with Gasteiger partial charge in [0.1, 0.15) is 6.10 Å². The highest BCUT2D eigenvalue weighted by Gasteiger charge is 2.22. The Bertz CT molecular complexity index is 477. The fraction of sp³-hybridized carbons (Fsp3) is 0.588. The Morgan fingerprint density at radius 1 is 1.18 bits per heavy atom. The van der Waals surface area contributed by atoms with E-state index in [1.807, 2.05) is 0 Å². The Kier molecular flexibility index (Phi) is 5.29. The molecule has 5 nitrogen and oxygen atoms in total. The summed E-state index contributed by atoms with van der Waals surface area (Å²) in [7, 11) is 0. The quantitative estimate of drug-likeness (QED) is 0.892. The zero-order valence-corrected chi connectivity index (χ0v) is 12.9. The number of hydrogen-bond acceptors (Lipinski definition) is 4. The molecule has 0 bridgehead atoms. The summed E-state index contributed by atoms with van der Waals surface area (Å²) in [5, 5.41) is 2.96. The summed E-state index contributed by atoms with van der Waals surface area (Å²) < 4.78 is 10.7. The van der Waals surface area contributed by atoms with Gasteiger partial charge in [-0.2, -0.15) is 0 Å². The van der Waals surface area contributed by atoms with Crippen LogP contribution in [0, 0.1) is 0 Å². The Morgan fingerprint density at radius 2 is 1.95 bits per heavy atom. The molecule has 1 atom stereocenters.